The zero-order valence-electron chi connectivity index (χ0n) is 15.8. The summed E-state index contributed by atoms with van der Waals surface area (Å²) in [5.41, 5.74) is 6.42. The van der Waals surface area contributed by atoms with Gasteiger partial charge in [-0.1, -0.05) is 42.0 Å². The molecule has 142 valence electrons. The summed E-state index contributed by atoms with van der Waals surface area (Å²) in [6.45, 7) is 2.56. The van der Waals surface area contributed by atoms with Gasteiger partial charge in [0.1, 0.15) is 10.8 Å². The molecule has 1 aliphatic rings. The number of nitrogens with zero attached hydrogens (tertiary/aromatic N) is 3. The number of hydrogen-bond donors (Lipinski definition) is 1. The number of aromatic nitrogens is 2. The van der Waals surface area contributed by atoms with Gasteiger partial charge in [0.05, 0.1) is 6.54 Å². The molecular weight excluding hydrogens is 380 g/mol. The minimum absolute atomic E-state index is 0.162. The molecule has 6 heteroatoms. The first-order valence-electron chi connectivity index (χ1n) is 9.32. The van der Waals surface area contributed by atoms with Gasteiger partial charge in [-0.3, -0.25) is 9.88 Å². The first kappa shape index (κ1) is 17.6. The van der Waals surface area contributed by atoms with Crippen LogP contribution in [0.2, 0.25) is 0 Å². The minimum Gasteiger partial charge on any atom is -0.307 e. The maximum absolute atomic E-state index is 12.8. The van der Waals surface area contributed by atoms with E-state index in [2.05, 4.69) is 47.6 Å². The lowest BCUT2D eigenvalue weighted by molar-refractivity contribution is 0.256. The third-order valence-corrected chi connectivity index (χ3v) is 5.88. The van der Waals surface area contributed by atoms with E-state index in [0.29, 0.717) is 12.4 Å². The molecule has 1 N–H and O–H groups in total. The van der Waals surface area contributed by atoms with Gasteiger partial charge in [-0.05, 0) is 36.2 Å². The number of hydrogen-bond acceptors (Lipinski definition) is 4. The summed E-state index contributed by atoms with van der Waals surface area (Å²) in [5, 5.41) is 5.82. The van der Waals surface area contributed by atoms with E-state index in [4.69, 9.17) is 4.98 Å². The van der Waals surface area contributed by atoms with E-state index in [9.17, 15) is 4.79 Å². The fourth-order valence-corrected chi connectivity index (χ4v) is 4.39. The second-order valence-corrected chi connectivity index (χ2v) is 7.82. The van der Waals surface area contributed by atoms with Crippen LogP contribution in [0.25, 0.3) is 21.7 Å². The number of carbonyl (C=O) groups is 1. The molecule has 5 nitrogen and oxygen atoms in total. The van der Waals surface area contributed by atoms with Gasteiger partial charge < -0.3 is 5.32 Å². The summed E-state index contributed by atoms with van der Waals surface area (Å²) < 4.78 is 0. The minimum atomic E-state index is -0.162. The van der Waals surface area contributed by atoms with E-state index in [0.717, 1.165) is 32.9 Å². The summed E-state index contributed by atoms with van der Waals surface area (Å²) in [4.78, 5) is 23.2. The van der Waals surface area contributed by atoms with Crippen LogP contribution in [0, 0.1) is 6.92 Å². The van der Waals surface area contributed by atoms with Crippen LogP contribution in [0.15, 0.2) is 72.4 Å². The second-order valence-electron chi connectivity index (χ2n) is 6.96. The summed E-state index contributed by atoms with van der Waals surface area (Å²) in [6, 6.07) is 18.1. The monoisotopic (exact) mass is 398 g/mol. The third kappa shape index (κ3) is 3.28. The van der Waals surface area contributed by atoms with Crippen molar-refractivity contribution in [3.63, 3.8) is 0 Å². The highest BCUT2D eigenvalue weighted by atomic mass is 32.1. The van der Waals surface area contributed by atoms with Gasteiger partial charge in [0, 0.05) is 34.6 Å². The maximum Gasteiger partial charge on any atom is 0.327 e. The van der Waals surface area contributed by atoms with Crippen molar-refractivity contribution in [1.29, 1.82) is 0 Å². The van der Waals surface area contributed by atoms with Crippen LogP contribution >= 0.6 is 11.3 Å². The first-order valence-corrected chi connectivity index (χ1v) is 10.2. The Morgan fingerprint density at radius 1 is 1.03 bits per heavy atom. The molecule has 5 rings (SSSR count). The van der Waals surface area contributed by atoms with Gasteiger partial charge in [0.25, 0.3) is 0 Å². The van der Waals surface area contributed by atoms with Gasteiger partial charge in [-0.25, -0.2) is 9.78 Å². The lowest BCUT2D eigenvalue weighted by Gasteiger charge is -2.29. The highest BCUT2D eigenvalue weighted by Gasteiger charge is 2.27. The van der Waals surface area contributed by atoms with Gasteiger partial charge >= 0.3 is 6.03 Å². The third-order valence-electron chi connectivity index (χ3n) is 5.00. The topological polar surface area (TPSA) is 58.1 Å². The molecule has 4 aromatic rings. The number of nitrogens with one attached hydrogen (secondary N) is 1. The maximum atomic E-state index is 12.8. The average Bonchev–Trinajstić information content (AvgIpc) is 3.23. The number of aryl methyl sites for hydroxylation is 1. The van der Waals surface area contributed by atoms with Crippen molar-refractivity contribution in [2.45, 2.75) is 13.5 Å². The smallest absolute Gasteiger partial charge is 0.307 e. The van der Waals surface area contributed by atoms with Crippen molar-refractivity contribution >= 4 is 28.9 Å². The van der Waals surface area contributed by atoms with Crippen molar-refractivity contribution < 1.29 is 4.79 Å². The van der Waals surface area contributed by atoms with E-state index in [1.54, 1.807) is 17.3 Å². The Kier molecular flexibility index (Phi) is 4.33. The molecule has 0 atom stereocenters. The van der Waals surface area contributed by atoms with E-state index >= 15 is 0 Å². The Morgan fingerprint density at radius 3 is 2.69 bits per heavy atom. The van der Waals surface area contributed by atoms with E-state index < -0.39 is 0 Å². The molecule has 3 heterocycles. The standard InChI is InChI=1S/C23H18N4OS/c1-15-4-2-5-17(12-15)18-6-3-7-20-19(18)13-27(23(28)25-20)21-14-29-22(26-21)16-8-10-24-11-9-16/h2-12,14H,13H2,1H3,(H,25,28). The fraction of sp³-hybridized carbons (Fsp3) is 0.0870. The summed E-state index contributed by atoms with van der Waals surface area (Å²) in [6.07, 6.45) is 3.49. The van der Waals surface area contributed by atoms with Crippen LogP contribution in [-0.4, -0.2) is 16.0 Å². The van der Waals surface area contributed by atoms with Crippen LogP contribution in [0.4, 0.5) is 16.3 Å². The fourth-order valence-electron chi connectivity index (χ4n) is 3.57. The van der Waals surface area contributed by atoms with Crippen molar-refractivity contribution in [3.8, 4) is 21.7 Å². The zero-order valence-corrected chi connectivity index (χ0v) is 16.6. The summed E-state index contributed by atoms with van der Waals surface area (Å²) in [7, 11) is 0. The van der Waals surface area contributed by atoms with E-state index in [1.165, 1.54) is 16.9 Å². The van der Waals surface area contributed by atoms with Crippen molar-refractivity contribution in [2.24, 2.45) is 0 Å². The second kappa shape index (κ2) is 7.14. The van der Waals surface area contributed by atoms with Gasteiger partial charge in [0.15, 0.2) is 0 Å². The molecular formula is C23H18N4OS. The number of anilines is 2. The van der Waals surface area contributed by atoms with Gasteiger partial charge in [-0.2, -0.15) is 0 Å². The SMILES string of the molecule is Cc1cccc(-c2cccc3c2CN(c2csc(-c4ccncc4)n2)C(=O)N3)c1. The normalized spacial score (nSPS) is 13.1. The van der Waals surface area contributed by atoms with Crippen molar-refractivity contribution in [2.75, 3.05) is 10.2 Å². The quantitative estimate of drug-likeness (QED) is 0.479. The number of carbonyl (C=O) groups excluding carboxylic acids is 1. The lowest BCUT2D eigenvalue weighted by atomic mass is 9.95. The first-order chi connectivity index (χ1) is 14.2. The molecule has 29 heavy (non-hydrogen) atoms. The molecule has 2 aromatic heterocycles. The van der Waals surface area contributed by atoms with Crippen LogP contribution in [0.5, 0.6) is 0 Å². The zero-order chi connectivity index (χ0) is 19.8. The Bertz CT molecular complexity index is 1200. The number of rotatable bonds is 3. The Balaban J connectivity index is 1.52. The van der Waals surface area contributed by atoms with Crippen LogP contribution < -0.4 is 10.2 Å². The predicted molar refractivity (Wildman–Crippen MR) is 117 cm³/mol. The average molecular weight is 398 g/mol. The largest absolute Gasteiger partial charge is 0.327 e. The predicted octanol–water partition coefficient (Wildman–Crippen LogP) is 5.73. The highest BCUT2D eigenvalue weighted by molar-refractivity contribution is 7.13. The Morgan fingerprint density at radius 2 is 1.86 bits per heavy atom. The number of amides is 2. The molecule has 0 saturated carbocycles. The molecule has 0 aliphatic carbocycles. The number of benzene rings is 2. The van der Waals surface area contributed by atoms with Crippen molar-refractivity contribution in [3.05, 3.63) is 83.5 Å². The molecule has 0 spiro atoms. The number of thiazole rings is 1. The molecule has 0 unspecified atom stereocenters. The Labute approximate surface area is 172 Å². The lowest BCUT2D eigenvalue weighted by Crippen LogP contribution is -2.39. The van der Waals surface area contributed by atoms with E-state index in [1.807, 2.05) is 29.6 Å². The van der Waals surface area contributed by atoms with Crippen LogP contribution in [0.1, 0.15) is 11.1 Å². The van der Waals surface area contributed by atoms with E-state index in [-0.39, 0.29) is 6.03 Å². The highest BCUT2D eigenvalue weighted by Crippen LogP contribution is 2.36. The molecule has 0 radical (unpaired) electrons. The molecule has 1 aliphatic heterocycles. The van der Waals surface area contributed by atoms with Crippen molar-refractivity contribution in [1.82, 2.24) is 9.97 Å². The van der Waals surface area contributed by atoms with Gasteiger partial charge in [-0.15, -0.1) is 11.3 Å². The van der Waals surface area contributed by atoms with Crippen LogP contribution in [0.3, 0.4) is 0 Å². The van der Waals surface area contributed by atoms with Gasteiger partial charge in [0.2, 0.25) is 0 Å². The summed E-state index contributed by atoms with van der Waals surface area (Å²) in [5.74, 6) is 0.656. The number of urea groups is 1. The molecule has 2 aromatic carbocycles. The molecule has 2 amide bonds. The summed E-state index contributed by atoms with van der Waals surface area (Å²) >= 11 is 1.52. The van der Waals surface area contributed by atoms with Crippen LogP contribution in [-0.2, 0) is 6.54 Å². The molecule has 0 fully saturated rings. The Hall–Kier alpha value is -3.51. The molecule has 0 saturated heterocycles. The molecule has 0 bridgehead atoms. The number of pyridine rings is 1. The number of fused-ring (bicyclic) bond motifs is 1.